The molecule has 0 fully saturated rings. The number of rotatable bonds is 46. The summed E-state index contributed by atoms with van der Waals surface area (Å²) in [4.78, 5) is 37.9. The number of hydrogen-bond acceptors (Lipinski definition) is 6. The molecule has 1 atom stereocenters. The van der Waals surface area contributed by atoms with Crippen LogP contribution >= 0.6 is 0 Å². The van der Waals surface area contributed by atoms with Crippen molar-refractivity contribution in [3.63, 3.8) is 0 Å². The molecule has 0 saturated carbocycles. The monoisotopic (exact) mass is 865 g/mol. The largest absolute Gasteiger partial charge is 0.462 e. The molecule has 0 bridgehead atoms. The maximum atomic E-state index is 12.8. The molecule has 0 aliphatic heterocycles. The van der Waals surface area contributed by atoms with Crippen LogP contribution < -0.4 is 0 Å². The smallest absolute Gasteiger partial charge is 0.306 e. The molecular weight excluding hydrogens is 769 g/mol. The van der Waals surface area contributed by atoms with Crippen molar-refractivity contribution in [1.29, 1.82) is 0 Å². The first-order valence-electron chi connectivity index (χ1n) is 26.0. The van der Waals surface area contributed by atoms with Crippen LogP contribution in [0.2, 0.25) is 0 Å². The van der Waals surface area contributed by atoms with Crippen LogP contribution in [0.25, 0.3) is 0 Å². The maximum Gasteiger partial charge on any atom is 0.306 e. The molecule has 6 heteroatoms. The number of esters is 3. The molecule has 356 valence electrons. The van der Waals surface area contributed by atoms with Gasteiger partial charge in [-0.2, -0.15) is 0 Å². The Morgan fingerprint density at radius 2 is 0.710 bits per heavy atom. The lowest BCUT2D eigenvalue weighted by molar-refractivity contribution is -0.167. The molecule has 0 aromatic rings. The molecule has 0 N–H and O–H groups in total. The van der Waals surface area contributed by atoms with Crippen LogP contribution in [0.1, 0.15) is 245 Å². The van der Waals surface area contributed by atoms with Crippen molar-refractivity contribution in [3.05, 3.63) is 72.9 Å². The minimum atomic E-state index is -0.801. The molecule has 0 aromatic heterocycles. The van der Waals surface area contributed by atoms with Crippen molar-refractivity contribution in [1.82, 2.24) is 0 Å². The molecule has 62 heavy (non-hydrogen) atoms. The topological polar surface area (TPSA) is 78.9 Å². The van der Waals surface area contributed by atoms with Crippen LogP contribution in [0.5, 0.6) is 0 Å². The zero-order valence-electron chi connectivity index (χ0n) is 40.6. The third-order valence-electron chi connectivity index (χ3n) is 11.0. The second kappa shape index (κ2) is 50.5. The van der Waals surface area contributed by atoms with Crippen molar-refractivity contribution >= 4 is 17.9 Å². The summed E-state index contributed by atoms with van der Waals surface area (Å²) in [5, 5.41) is 0. The highest BCUT2D eigenvalue weighted by molar-refractivity contribution is 5.71. The van der Waals surface area contributed by atoms with E-state index in [1.165, 1.54) is 116 Å². The van der Waals surface area contributed by atoms with E-state index in [9.17, 15) is 14.4 Å². The average molecular weight is 865 g/mol. The van der Waals surface area contributed by atoms with Gasteiger partial charge in [-0.05, 0) is 70.6 Å². The van der Waals surface area contributed by atoms with E-state index in [1.54, 1.807) is 0 Å². The average Bonchev–Trinajstić information content (AvgIpc) is 3.27. The van der Waals surface area contributed by atoms with Crippen LogP contribution in [0.4, 0.5) is 0 Å². The first kappa shape index (κ1) is 58.9. The predicted molar refractivity (Wildman–Crippen MR) is 265 cm³/mol. The molecule has 1 unspecified atom stereocenters. The fraction of sp³-hybridized carbons (Fsp3) is 0.732. The highest BCUT2D eigenvalue weighted by atomic mass is 16.6. The fourth-order valence-corrected chi connectivity index (χ4v) is 7.11. The van der Waals surface area contributed by atoms with Gasteiger partial charge in [-0.3, -0.25) is 14.4 Å². The Morgan fingerprint density at radius 3 is 1.18 bits per heavy atom. The molecule has 0 spiro atoms. The Kier molecular flexibility index (Phi) is 47.9. The number of carbonyl (C=O) groups excluding carboxylic acids is 3. The SMILES string of the molecule is CC/C=C/C=C/C=C/CCCCCCCC(=O)OCC(COC(=O)CCC/C=C/C/C=C/C/C=C/CCCCCCCC)OC(=O)CCCCCCCCCCCCCCCC. The summed E-state index contributed by atoms with van der Waals surface area (Å²) >= 11 is 0. The molecule has 0 radical (unpaired) electrons. The van der Waals surface area contributed by atoms with Crippen molar-refractivity contribution in [2.24, 2.45) is 0 Å². The van der Waals surface area contributed by atoms with E-state index in [2.05, 4.69) is 93.7 Å². The molecular formula is C56H96O6. The Balaban J connectivity index is 4.47. The zero-order chi connectivity index (χ0) is 45.1. The van der Waals surface area contributed by atoms with Crippen molar-refractivity contribution in [2.45, 2.75) is 252 Å². The lowest BCUT2D eigenvalue weighted by Gasteiger charge is -2.18. The molecule has 6 nitrogen and oxygen atoms in total. The van der Waals surface area contributed by atoms with Gasteiger partial charge in [0.15, 0.2) is 6.10 Å². The fourth-order valence-electron chi connectivity index (χ4n) is 7.11. The van der Waals surface area contributed by atoms with Gasteiger partial charge in [0, 0.05) is 19.3 Å². The van der Waals surface area contributed by atoms with Gasteiger partial charge in [0.25, 0.3) is 0 Å². The van der Waals surface area contributed by atoms with Gasteiger partial charge in [0.05, 0.1) is 0 Å². The number of ether oxygens (including phenoxy) is 3. The first-order valence-corrected chi connectivity index (χ1v) is 26.0. The summed E-state index contributed by atoms with van der Waals surface area (Å²) in [6.07, 6.45) is 63.2. The maximum absolute atomic E-state index is 12.8. The summed E-state index contributed by atoms with van der Waals surface area (Å²) < 4.78 is 16.7. The van der Waals surface area contributed by atoms with Crippen LogP contribution in [0, 0.1) is 0 Å². The van der Waals surface area contributed by atoms with Crippen LogP contribution in [-0.4, -0.2) is 37.2 Å². The van der Waals surface area contributed by atoms with Gasteiger partial charge in [0.1, 0.15) is 13.2 Å². The molecule has 0 heterocycles. The minimum absolute atomic E-state index is 0.100. The molecule has 0 aliphatic carbocycles. The summed E-state index contributed by atoms with van der Waals surface area (Å²) in [5.41, 5.74) is 0. The van der Waals surface area contributed by atoms with Gasteiger partial charge < -0.3 is 14.2 Å². The normalized spacial score (nSPS) is 12.6. The summed E-state index contributed by atoms with van der Waals surface area (Å²) in [7, 11) is 0. The number of hydrogen-bond donors (Lipinski definition) is 0. The highest BCUT2D eigenvalue weighted by Crippen LogP contribution is 2.15. The number of unbranched alkanes of at least 4 members (excludes halogenated alkanes) is 25. The van der Waals surface area contributed by atoms with Crippen LogP contribution in [-0.2, 0) is 28.6 Å². The van der Waals surface area contributed by atoms with Gasteiger partial charge in [-0.15, -0.1) is 0 Å². The van der Waals surface area contributed by atoms with Crippen LogP contribution in [0.3, 0.4) is 0 Å². The summed E-state index contributed by atoms with van der Waals surface area (Å²) in [6.45, 7) is 6.44. The summed E-state index contributed by atoms with van der Waals surface area (Å²) in [6, 6.07) is 0. The lowest BCUT2D eigenvalue weighted by Crippen LogP contribution is -2.30. The Bertz CT molecular complexity index is 1180. The van der Waals surface area contributed by atoms with Crippen molar-refractivity contribution in [2.75, 3.05) is 13.2 Å². The van der Waals surface area contributed by atoms with E-state index < -0.39 is 6.10 Å². The van der Waals surface area contributed by atoms with E-state index in [-0.39, 0.29) is 37.5 Å². The molecule has 0 aliphatic rings. The highest BCUT2D eigenvalue weighted by Gasteiger charge is 2.19. The lowest BCUT2D eigenvalue weighted by atomic mass is 10.0. The molecule has 0 aromatic carbocycles. The van der Waals surface area contributed by atoms with E-state index in [0.717, 1.165) is 83.5 Å². The summed E-state index contributed by atoms with van der Waals surface area (Å²) in [5.74, 6) is -0.970. The van der Waals surface area contributed by atoms with Gasteiger partial charge in [0.2, 0.25) is 0 Å². The Labute approximate surface area is 382 Å². The van der Waals surface area contributed by atoms with Crippen molar-refractivity contribution in [3.8, 4) is 0 Å². The Hall–Kier alpha value is -3.15. The molecule has 0 amide bonds. The Morgan fingerprint density at radius 1 is 0.355 bits per heavy atom. The predicted octanol–water partition coefficient (Wildman–Crippen LogP) is 17.0. The third-order valence-corrected chi connectivity index (χ3v) is 11.0. The van der Waals surface area contributed by atoms with E-state index in [1.807, 2.05) is 0 Å². The number of allylic oxidation sites excluding steroid dienone is 12. The van der Waals surface area contributed by atoms with Gasteiger partial charge in [-0.25, -0.2) is 0 Å². The number of carbonyl (C=O) groups is 3. The van der Waals surface area contributed by atoms with Gasteiger partial charge in [-0.1, -0.05) is 229 Å². The van der Waals surface area contributed by atoms with Gasteiger partial charge >= 0.3 is 17.9 Å². The second-order valence-electron chi connectivity index (χ2n) is 17.1. The van der Waals surface area contributed by atoms with E-state index in [4.69, 9.17) is 14.2 Å². The quantitative estimate of drug-likeness (QED) is 0.0199. The van der Waals surface area contributed by atoms with E-state index >= 15 is 0 Å². The zero-order valence-corrected chi connectivity index (χ0v) is 40.6. The third kappa shape index (κ3) is 47.9. The minimum Gasteiger partial charge on any atom is -0.462 e. The molecule has 0 rings (SSSR count). The van der Waals surface area contributed by atoms with Crippen LogP contribution in [0.15, 0.2) is 72.9 Å². The van der Waals surface area contributed by atoms with Crippen molar-refractivity contribution < 1.29 is 28.6 Å². The van der Waals surface area contributed by atoms with E-state index in [0.29, 0.717) is 19.3 Å². The molecule has 0 saturated heterocycles. The second-order valence-corrected chi connectivity index (χ2v) is 17.1. The first-order chi connectivity index (χ1) is 30.5. The standard InChI is InChI=1S/C56H96O6/c1-4-7-10-13-16-19-22-25-27-28-29-32-34-37-40-43-46-49-55(58)61-52-53(51-60-54(57)48-45-42-39-36-33-30-24-21-18-15-12-9-6-3)62-56(59)50-47-44-41-38-35-31-26-23-20-17-14-11-8-5-2/h9,12,15,18,21,24-25,27,29,32,37,40,53H,4-8,10-11,13-14,16-17,19-20,22-23,26,28,30-31,33-36,38-39,41-52H2,1-3H3/b12-9+,18-15+,24-21+,27-25+,32-29+,40-37+.